The van der Waals surface area contributed by atoms with E-state index in [0.717, 1.165) is 37.6 Å². The molecule has 0 radical (unpaired) electrons. The second kappa shape index (κ2) is 16.4. The van der Waals surface area contributed by atoms with Crippen molar-refractivity contribution in [2.75, 3.05) is 42.6 Å². The molecule has 0 saturated carbocycles. The maximum atomic E-state index is 12.5. The lowest BCUT2D eigenvalue weighted by molar-refractivity contribution is -0.145. The number of rotatable bonds is 14. The van der Waals surface area contributed by atoms with Gasteiger partial charge in [-0.15, -0.1) is 0 Å². The molecule has 1 atom stereocenters. The van der Waals surface area contributed by atoms with Crippen LogP contribution in [0, 0.1) is 22.7 Å². The van der Waals surface area contributed by atoms with Crippen LogP contribution in [-0.4, -0.2) is 50.8 Å². The summed E-state index contributed by atoms with van der Waals surface area (Å²) in [6.45, 7) is 13.4. The van der Waals surface area contributed by atoms with Gasteiger partial charge in [0, 0.05) is 44.0 Å². The fourth-order valence-electron chi connectivity index (χ4n) is 4.05. The first-order chi connectivity index (χ1) is 19.3. The predicted octanol–water partition coefficient (Wildman–Crippen LogP) is 5.76. The molecule has 210 valence electrons. The molecule has 0 bridgehead atoms. The number of nitriles is 2. The number of carbonyl (C=O) groups is 2. The third-order valence-corrected chi connectivity index (χ3v) is 6.41. The van der Waals surface area contributed by atoms with Crippen molar-refractivity contribution in [2.24, 2.45) is 0 Å². The first-order valence-electron chi connectivity index (χ1n) is 13.6. The maximum absolute atomic E-state index is 12.5. The summed E-state index contributed by atoms with van der Waals surface area (Å²) in [6, 6.07) is 19.0. The summed E-state index contributed by atoms with van der Waals surface area (Å²) in [7, 11) is 0. The number of benzene rings is 2. The summed E-state index contributed by atoms with van der Waals surface area (Å²) in [5.74, 6) is -1.50. The molecule has 0 aromatic heterocycles. The molecule has 0 spiro atoms. The monoisotopic (exact) mass is 542 g/mol. The Morgan fingerprint density at radius 2 is 1.15 bits per heavy atom. The number of nitrogens with zero attached hydrogens (tertiary/aromatic N) is 4. The van der Waals surface area contributed by atoms with Crippen molar-refractivity contribution in [1.29, 1.82) is 10.5 Å². The molecule has 0 aliphatic heterocycles. The molecule has 0 aliphatic carbocycles. The van der Waals surface area contributed by atoms with Crippen LogP contribution in [0.2, 0.25) is 0 Å². The highest BCUT2D eigenvalue weighted by atomic mass is 16.6. The molecule has 2 rings (SSSR count). The van der Waals surface area contributed by atoms with E-state index in [1.54, 1.807) is 6.92 Å². The zero-order valence-electron chi connectivity index (χ0n) is 24.0. The van der Waals surface area contributed by atoms with E-state index in [-0.39, 0.29) is 24.2 Å². The smallest absolute Gasteiger partial charge is 0.349 e. The molecule has 1 unspecified atom stereocenters. The van der Waals surface area contributed by atoms with E-state index in [1.165, 1.54) is 12.2 Å². The number of esters is 2. The SMILES string of the molecule is CCN(CC)c1ccc(/C=C(\C#N)C(=O)OCCC(C)OC(=O)/C(C#N)=C/c2ccc(N(CC)CC)cc2)cc1. The van der Waals surface area contributed by atoms with Gasteiger partial charge in [-0.3, -0.25) is 0 Å². The van der Waals surface area contributed by atoms with E-state index in [2.05, 4.69) is 37.5 Å². The fourth-order valence-corrected chi connectivity index (χ4v) is 4.05. The lowest BCUT2D eigenvalue weighted by atomic mass is 10.1. The van der Waals surface area contributed by atoms with Crippen LogP contribution in [0.5, 0.6) is 0 Å². The average Bonchev–Trinajstić information content (AvgIpc) is 2.97. The van der Waals surface area contributed by atoms with Crippen molar-refractivity contribution in [3.05, 3.63) is 70.8 Å². The number of hydrogen-bond acceptors (Lipinski definition) is 8. The zero-order chi connectivity index (χ0) is 29.5. The van der Waals surface area contributed by atoms with Gasteiger partial charge < -0.3 is 19.3 Å². The summed E-state index contributed by atoms with van der Waals surface area (Å²) in [4.78, 5) is 29.4. The number of anilines is 2. The lowest BCUT2D eigenvalue weighted by Gasteiger charge is -2.20. The van der Waals surface area contributed by atoms with E-state index in [4.69, 9.17) is 9.47 Å². The summed E-state index contributed by atoms with van der Waals surface area (Å²) < 4.78 is 10.6. The summed E-state index contributed by atoms with van der Waals surface area (Å²) in [5, 5.41) is 18.9. The molecule has 8 heteroatoms. The van der Waals surface area contributed by atoms with Gasteiger partial charge in [-0.25, -0.2) is 9.59 Å². The standard InChI is InChI=1S/C32H38N4O4/c1-6-35(7-2)29-14-10-25(11-15-29)20-27(22-33)31(37)39-19-18-24(5)40-32(38)28(23-34)21-26-12-16-30(17-13-26)36(8-3)9-4/h10-17,20-21,24H,6-9,18-19H2,1-5H3/b27-20+,28-21+. The minimum absolute atomic E-state index is 0.0500. The largest absolute Gasteiger partial charge is 0.461 e. The minimum Gasteiger partial charge on any atom is -0.461 e. The Balaban J connectivity index is 1.91. The normalized spacial score (nSPS) is 12.1. The summed E-state index contributed by atoms with van der Waals surface area (Å²) in [5.41, 5.74) is 3.31. The van der Waals surface area contributed by atoms with Gasteiger partial charge in [-0.2, -0.15) is 10.5 Å². The van der Waals surface area contributed by atoms with Crippen LogP contribution in [0.3, 0.4) is 0 Å². The van der Waals surface area contributed by atoms with Crippen molar-refractivity contribution in [2.45, 2.75) is 47.1 Å². The highest BCUT2D eigenvalue weighted by molar-refractivity contribution is 5.98. The Kier molecular flexibility index (Phi) is 13.0. The van der Waals surface area contributed by atoms with Gasteiger partial charge in [-0.1, -0.05) is 24.3 Å². The summed E-state index contributed by atoms with van der Waals surface area (Å²) in [6.07, 6.45) is 2.58. The van der Waals surface area contributed by atoms with Crippen molar-refractivity contribution >= 4 is 35.5 Å². The van der Waals surface area contributed by atoms with Gasteiger partial charge in [0.05, 0.1) is 6.61 Å². The molecule has 0 amide bonds. The molecule has 0 saturated heterocycles. The first kappa shape index (κ1) is 31.7. The van der Waals surface area contributed by atoms with Crippen LogP contribution < -0.4 is 9.80 Å². The number of carbonyl (C=O) groups excluding carboxylic acids is 2. The maximum Gasteiger partial charge on any atom is 0.349 e. The van der Waals surface area contributed by atoms with Gasteiger partial charge in [0.2, 0.25) is 0 Å². The topological polar surface area (TPSA) is 107 Å². The average molecular weight is 543 g/mol. The molecule has 2 aromatic carbocycles. The Morgan fingerprint density at radius 3 is 1.52 bits per heavy atom. The highest BCUT2D eigenvalue weighted by Gasteiger charge is 2.17. The molecule has 8 nitrogen and oxygen atoms in total. The van der Waals surface area contributed by atoms with Crippen LogP contribution in [0.15, 0.2) is 59.7 Å². The Labute approximate surface area is 237 Å². The van der Waals surface area contributed by atoms with Crippen LogP contribution >= 0.6 is 0 Å². The zero-order valence-corrected chi connectivity index (χ0v) is 24.0. The van der Waals surface area contributed by atoms with Crippen molar-refractivity contribution in [3.8, 4) is 12.1 Å². The van der Waals surface area contributed by atoms with Crippen molar-refractivity contribution in [3.63, 3.8) is 0 Å². The molecule has 0 fully saturated rings. The van der Waals surface area contributed by atoms with E-state index in [1.807, 2.05) is 60.7 Å². The van der Waals surface area contributed by atoms with Crippen LogP contribution in [0.25, 0.3) is 12.2 Å². The molecular weight excluding hydrogens is 504 g/mol. The van der Waals surface area contributed by atoms with E-state index in [9.17, 15) is 20.1 Å². The molecule has 0 N–H and O–H groups in total. The van der Waals surface area contributed by atoms with Gasteiger partial charge >= 0.3 is 11.9 Å². The fraction of sp³-hybridized carbons (Fsp3) is 0.375. The molecule has 40 heavy (non-hydrogen) atoms. The van der Waals surface area contributed by atoms with Crippen molar-refractivity contribution < 1.29 is 19.1 Å². The minimum atomic E-state index is -0.750. The first-order valence-corrected chi connectivity index (χ1v) is 13.6. The van der Waals surface area contributed by atoms with E-state index < -0.39 is 18.0 Å². The number of hydrogen-bond donors (Lipinski definition) is 0. The molecule has 0 aliphatic rings. The Morgan fingerprint density at radius 1 is 0.750 bits per heavy atom. The van der Waals surface area contributed by atoms with Gasteiger partial charge in [0.1, 0.15) is 29.4 Å². The molecule has 2 aromatic rings. The van der Waals surface area contributed by atoms with Crippen LogP contribution in [0.4, 0.5) is 11.4 Å². The van der Waals surface area contributed by atoms with E-state index in [0.29, 0.717) is 11.1 Å². The highest BCUT2D eigenvalue weighted by Crippen LogP contribution is 2.19. The van der Waals surface area contributed by atoms with E-state index >= 15 is 0 Å². The predicted molar refractivity (Wildman–Crippen MR) is 158 cm³/mol. The van der Waals surface area contributed by atoms with Crippen molar-refractivity contribution in [1.82, 2.24) is 0 Å². The van der Waals surface area contributed by atoms with Gasteiger partial charge in [0.25, 0.3) is 0 Å². The third kappa shape index (κ3) is 9.32. The quantitative estimate of drug-likeness (QED) is 0.169. The van der Waals surface area contributed by atoms with Crippen LogP contribution in [-0.2, 0) is 19.1 Å². The van der Waals surface area contributed by atoms with Crippen LogP contribution in [0.1, 0.15) is 52.2 Å². The molecular formula is C32H38N4O4. The summed E-state index contributed by atoms with van der Waals surface area (Å²) >= 11 is 0. The third-order valence-electron chi connectivity index (χ3n) is 6.41. The second-order valence-corrected chi connectivity index (χ2v) is 9.01. The Hall–Kier alpha value is -4.56. The lowest BCUT2D eigenvalue weighted by Crippen LogP contribution is -2.21. The van der Waals surface area contributed by atoms with Gasteiger partial charge in [-0.05, 0) is 82.2 Å². The molecule has 0 heterocycles. The second-order valence-electron chi connectivity index (χ2n) is 9.01. The Bertz CT molecular complexity index is 1260. The van der Waals surface area contributed by atoms with Gasteiger partial charge in [0.15, 0.2) is 0 Å². The number of ether oxygens (including phenoxy) is 2.